The van der Waals surface area contributed by atoms with Crippen LogP contribution in [-0.2, 0) is 14.8 Å². The summed E-state index contributed by atoms with van der Waals surface area (Å²) in [5, 5.41) is 9.06. The van der Waals surface area contributed by atoms with Crippen LogP contribution in [0.2, 0.25) is 0 Å². The molecule has 35 heavy (non-hydrogen) atoms. The van der Waals surface area contributed by atoms with Crippen LogP contribution in [-0.4, -0.2) is 55.5 Å². The molecule has 0 unspecified atom stereocenters. The van der Waals surface area contributed by atoms with E-state index in [-0.39, 0.29) is 41.5 Å². The van der Waals surface area contributed by atoms with Crippen LogP contribution in [0.5, 0.6) is 5.75 Å². The summed E-state index contributed by atoms with van der Waals surface area (Å²) in [6, 6.07) is 8.99. The Bertz CT molecular complexity index is 1170. The van der Waals surface area contributed by atoms with E-state index in [1.165, 1.54) is 12.1 Å². The van der Waals surface area contributed by atoms with Crippen LogP contribution >= 0.6 is 0 Å². The number of ether oxygens (including phenoxy) is 1. The second-order valence-electron chi connectivity index (χ2n) is 9.72. The number of amides is 1. The minimum atomic E-state index is -3.78. The van der Waals surface area contributed by atoms with Gasteiger partial charge in [0.2, 0.25) is 15.9 Å². The standard InChI is InChI=1S/C26H34N2O6S/c1-16(2)10-24(29)28-14-21(27-35(32,33)25-18(4)11-17(3)12-19(25)5)13-22(28)15-34-23-8-6-20(7-9-23)26(30)31/h6-9,11-12,16,21-22,27H,10,13-15H2,1-5H3,(H,30,31)/t21-,22-/m0/s1. The molecule has 1 fully saturated rings. The van der Waals surface area contributed by atoms with Gasteiger partial charge in [-0.1, -0.05) is 31.5 Å². The molecule has 2 aromatic rings. The zero-order valence-electron chi connectivity index (χ0n) is 20.9. The van der Waals surface area contributed by atoms with Crippen molar-refractivity contribution < 1.29 is 27.9 Å². The number of sulfonamides is 1. The van der Waals surface area contributed by atoms with Crippen LogP contribution in [0, 0.1) is 26.7 Å². The van der Waals surface area contributed by atoms with Crippen LogP contribution in [0.25, 0.3) is 0 Å². The average Bonchev–Trinajstić information content (AvgIpc) is 3.13. The van der Waals surface area contributed by atoms with Crippen molar-refractivity contribution in [1.29, 1.82) is 0 Å². The van der Waals surface area contributed by atoms with Gasteiger partial charge in [0, 0.05) is 19.0 Å². The highest BCUT2D eigenvalue weighted by Crippen LogP contribution is 2.26. The van der Waals surface area contributed by atoms with Crippen molar-refractivity contribution in [2.45, 2.75) is 64.4 Å². The van der Waals surface area contributed by atoms with Gasteiger partial charge in [-0.05, 0) is 68.5 Å². The Morgan fingerprint density at radius 3 is 2.26 bits per heavy atom. The first-order chi connectivity index (χ1) is 16.4. The number of carboxylic acid groups (broad SMARTS) is 1. The highest BCUT2D eigenvalue weighted by atomic mass is 32.2. The molecule has 1 amide bonds. The number of carbonyl (C=O) groups is 2. The van der Waals surface area contributed by atoms with Gasteiger partial charge in [0.05, 0.1) is 16.5 Å². The second-order valence-corrected chi connectivity index (χ2v) is 11.4. The predicted octanol–water partition coefficient (Wildman–Crippen LogP) is 3.68. The maximum Gasteiger partial charge on any atom is 0.335 e. The lowest BCUT2D eigenvalue weighted by Gasteiger charge is -2.25. The highest BCUT2D eigenvalue weighted by Gasteiger charge is 2.38. The van der Waals surface area contributed by atoms with Gasteiger partial charge >= 0.3 is 5.97 Å². The van der Waals surface area contributed by atoms with Crippen molar-refractivity contribution in [3.63, 3.8) is 0 Å². The van der Waals surface area contributed by atoms with Gasteiger partial charge in [0.15, 0.2) is 0 Å². The third kappa shape index (κ3) is 6.61. The fourth-order valence-electron chi connectivity index (χ4n) is 4.69. The van der Waals surface area contributed by atoms with E-state index in [9.17, 15) is 18.0 Å². The Labute approximate surface area is 207 Å². The van der Waals surface area contributed by atoms with Crippen LogP contribution in [0.15, 0.2) is 41.3 Å². The van der Waals surface area contributed by atoms with Crippen molar-refractivity contribution in [2.75, 3.05) is 13.2 Å². The number of benzene rings is 2. The lowest BCUT2D eigenvalue weighted by molar-refractivity contribution is -0.133. The van der Waals surface area contributed by atoms with E-state index in [1.807, 2.05) is 32.9 Å². The number of carboxylic acids is 1. The molecule has 2 N–H and O–H groups in total. The molecule has 0 aliphatic carbocycles. The van der Waals surface area contributed by atoms with Gasteiger partial charge in [-0.15, -0.1) is 0 Å². The van der Waals surface area contributed by atoms with Crippen LogP contribution < -0.4 is 9.46 Å². The molecule has 190 valence electrons. The zero-order chi connectivity index (χ0) is 25.9. The van der Waals surface area contributed by atoms with Crippen molar-refractivity contribution in [3.8, 4) is 5.75 Å². The Balaban J connectivity index is 1.76. The number of likely N-dealkylation sites (tertiary alicyclic amines) is 1. The van der Waals surface area contributed by atoms with Gasteiger partial charge < -0.3 is 14.7 Å². The second kappa shape index (κ2) is 10.8. The van der Waals surface area contributed by atoms with E-state index in [2.05, 4.69) is 4.72 Å². The number of aromatic carboxylic acids is 1. The van der Waals surface area contributed by atoms with Crippen molar-refractivity contribution in [2.24, 2.45) is 5.92 Å². The third-order valence-electron chi connectivity index (χ3n) is 6.06. The van der Waals surface area contributed by atoms with Gasteiger partial charge in [0.1, 0.15) is 12.4 Å². The number of nitrogens with one attached hydrogen (secondary N) is 1. The summed E-state index contributed by atoms with van der Waals surface area (Å²) in [4.78, 5) is 26.0. The maximum absolute atomic E-state index is 13.3. The fourth-order valence-corrected chi connectivity index (χ4v) is 6.38. The Morgan fingerprint density at radius 2 is 1.71 bits per heavy atom. The van der Waals surface area contributed by atoms with Gasteiger partial charge in [-0.2, -0.15) is 0 Å². The van der Waals surface area contributed by atoms with Gasteiger partial charge in [-0.25, -0.2) is 17.9 Å². The molecule has 1 aliphatic rings. The summed E-state index contributed by atoms with van der Waals surface area (Å²) >= 11 is 0. The maximum atomic E-state index is 13.3. The number of nitrogens with zero attached hydrogens (tertiary/aromatic N) is 1. The first-order valence-corrected chi connectivity index (χ1v) is 13.2. The number of rotatable bonds is 9. The minimum absolute atomic E-state index is 0.0424. The number of carbonyl (C=O) groups excluding carboxylic acids is 1. The SMILES string of the molecule is Cc1cc(C)c(S(=O)(=O)N[C@H]2C[C@@H](COc3ccc(C(=O)O)cc3)N(C(=O)CC(C)C)C2)c(C)c1. The largest absolute Gasteiger partial charge is 0.491 e. The third-order valence-corrected chi connectivity index (χ3v) is 7.88. The normalized spacial score (nSPS) is 18.2. The summed E-state index contributed by atoms with van der Waals surface area (Å²) in [5.41, 5.74) is 2.53. The smallest absolute Gasteiger partial charge is 0.335 e. The number of hydrogen-bond donors (Lipinski definition) is 2. The Hall–Kier alpha value is -2.91. The summed E-state index contributed by atoms with van der Waals surface area (Å²) in [5.74, 6) is -0.409. The molecule has 1 saturated heterocycles. The summed E-state index contributed by atoms with van der Waals surface area (Å²) in [6.07, 6.45) is 0.777. The molecule has 0 bridgehead atoms. The lowest BCUT2D eigenvalue weighted by Crippen LogP contribution is -2.41. The lowest BCUT2D eigenvalue weighted by atomic mass is 10.1. The van der Waals surface area contributed by atoms with Gasteiger partial charge in [-0.3, -0.25) is 4.79 Å². The topological polar surface area (TPSA) is 113 Å². The molecule has 2 aromatic carbocycles. The molecule has 8 nitrogen and oxygen atoms in total. The molecule has 3 rings (SSSR count). The van der Waals surface area contributed by atoms with E-state index in [4.69, 9.17) is 9.84 Å². The molecular formula is C26H34N2O6S. The first-order valence-electron chi connectivity index (χ1n) is 11.7. The molecule has 9 heteroatoms. The predicted molar refractivity (Wildman–Crippen MR) is 133 cm³/mol. The van der Waals surface area contributed by atoms with Crippen molar-refractivity contribution in [3.05, 3.63) is 58.7 Å². The highest BCUT2D eigenvalue weighted by molar-refractivity contribution is 7.89. The van der Waals surface area contributed by atoms with Crippen molar-refractivity contribution >= 4 is 21.9 Å². The summed E-state index contributed by atoms with van der Waals surface area (Å²) < 4.78 is 35.2. The van der Waals surface area contributed by atoms with Crippen LogP contribution in [0.4, 0.5) is 0 Å². The molecule has 1 aliphatic heterocycles. The van der Waals surface area contributed by atoms with Crippen LogP contribution in [0.3, 0.4) is 0 Å². The molecule has 1 heterocycles. The molecule has 2 atom stereocenters. The molecule has 0 radical (unpaired) electrons. The van der Waals surface area contributed by atoms with Crippen molar-refractivity contribution in [1.82, 2.24) is 9.62 Å². The van der Waals surface area contributed by atoms with E-state index in [0.29, 0.717) is 29.7 Å². The van der Waals surface area contributed by atoms with E-state index in [1.54, 1.807) is 30.9 Å². The number of aryl methyl sites for hydroxylation is 3. The van der Waals surface area contributed by atoms with E-state index in [0.717, 1.165) is 5.56 Å². The minimum Gasteiger partial charge on any atom is -0.491 e. The van der Waals surface area contributed by atoms with Crippen LogP contribution in [0.1, 0.15) is 53.7 Å². The summed E-state index contributed by atoms with van der Waals surface area (Å²) in [7, 11) is -3.78. The average molecular weight is 503 g/mol. The molecular weight excluding hydrogens is 468 g/mol. The molecule has 0 spiro atoms. The first kappa shape index (κ1) is 26.7. The zero-order valence-corrected chi connectivity index (χ0v) is 21.7. The Kier molecular flexibility index (Phi) is 8.22. The Morgan fingerprint density at radius 1 is 1.11 bits per heavy atom. The monoisotopic (exact) mass is 502 g/mol. The molecule has 0 saturated carbocycles. The van der Waals surface area contributed by atoms with Gasteiger partial charge in [0.25, 0.3) is 0 Å². The number of hydrogen-bond acceptors (Lipinski definition) is 5. The fraction of sp³-hybridized carbons (Fsp3) is 0.462. The summed E-state index contributed by atoms with van der Waals surface area (Å²) in [6.45, 7) is 9.87. The quantitative estimate of drug-likeness (QED) is 0.541. The van der Waals surface area contributed by atoms with E-state index < -0.39 is 22.0 Å². The van der Waals surface area contributed by atoms with E-state index >= 15 is 0 Å². The molecule has 0 aromatic heterocycles.